The molecule has 0 saturated carbocycles. The Kier molecular flexibility index (Phi) is 4.98. The summed E-state index contributed by atoms with van der Waals surface area (Å²) in [5.41, 5.74) is 6.88. The Balaban J connectivity index is 2.00. The van der Waals surface area contributed by atoms with Crippen LogP contribution in [-0.4, -0.2) is 23.6 Å². The van der Waals surface area contributed by atoms with Crippen molar-refractivity contribution in [1.82, 2.24) is 5.32 Å². The summed E-state index contributed by atoms with van der Waals surface area (Å²) in [4.78, 5) is 0. The van der Waals surface area contributed by atoms with E-state index in [9.17, 15) is 0 Å². The molecule has 0 saturated heterocycles. The number of oxime groups is 1. The first-order valence-electron chi connectivity index (χ1n) is 6.72. The van der Waals surface area contributed by atoms with Crippen LogP contribution in [0.4, 0.5) is 0 Å². The van der Waals surface area contributed by atoms with Crippen molar-refractivity contribution in [1.29, 1.82) is 0 Å². The van der Waals surface area contributed by atoms with Crippen LogP contribution in [-0.2, 0) is 0 Å². The fourth-order valence-corrected chi connectivity index (χ4v) is 2.41. The molecule has 2 unspecified atom stereocenters. The number of amidine groups is 1. The zero-order chi connectivity index (χ0) is 13.5. The van der Waals surface area contributed by atoms with Gasteiger partial charge in [0.1, 0.15) is 5.84 Å². The number of nitrogens with zero attached hydrogens (tertiary/aromatic N) is 1. The number of allylic oxidation sites excluding steroid dienone is 1. The van der Waals surface area contributed by atoms with Crippen molar-refractivity contribution in [3.8, 4) is 0 Å². The smallest absolute Gasteiger partial charge is 0.147 e. The van der Waals surface area contributed by atoms with Crippen LogP contribution in [0.15, 0.2) is 47.6 Å². The van der Waals surface area contributed by atoms with E-state index in [2.05, 4.69) is 22.6 Å². The highest BCUT2D eigenvalue weighted by atomic mass is 16.4. The van der Waals surface area contributed by atoms with E-state index in [1.807, 2.05) is 30.3 Å². The molecule has 4 nitrogen and oxygen atoms in total. The summed E-state index contributed by atoms with van der Waals surface area (Å²) < 4.78 is 0. The lowest BCUT2D eigenvalue weighted by Crippen LogP contribution is -2.37. The second-order valence-corrected chi connectivity index (χ2v) is 4.88. The minimum atomic E-state index is -0.0860. The number of hydrogen-bond acceptors (Lipinski definition) is 3. The lowest BCUT2D eigenvalue weighted by molar-refractivity contribution is 0.315. The zero-order valence-electron chi connectivity index (χ0n) is 11.0. The van der Waals surface area contributed by atoms with Gasteiger partial charge in [-0.05, 0) is 24.8 Å². The summed E-state index contributed by atoms with van der Waals surface area (Å²) in [6, 6.07) is 10.4. The molecular weight excluding hydrogens is 238 g/mol. The second kappa shape index (κ2) is 6.95. The first kappa shape index (κ1) is 13.6. The van der Waals surface area contributed by atoms with Crippen LogP contribution in [0.5, 0.6) is 0 Å². The average molecular weight is 259 g/mol. The molecule has 0 aromatic heterocycles. The first-order chi connectivity index (χ1) is 9.31. The fourth-order valence-electron chi connectivity index (χ4n) is 2.41. The third kappa shape index (κ3) is 3.83. The summed E-state index contributed by atoms with van der Waals surface area (Å²) >= 11 is 0. The summed E-state index contributed by atoms with van der Waals surface area (Å²) in [6.07, 6.45) is 7.75. The van der Waals surface area contributed by atoms with Crippen LogP contribution in [0, 0.1) is 0 Å². The van der Waals surface area contributed by atoms with E-state index >= 15 is 0 Å². The molecule has 102 valence electrons. The van der Waals surface area contributed by atoms with E-state index < -0.39 is 0 Å². The maximum absolute atomic E-state index is 8.93. The molecule has 0 amide bonds. The molecule has 0 bridgehead atoms. The van der Waals surface area contributed by atoms with E-state index in [4.69, 9.17) is 10.9 Å². The van der Waals surface area contributed by atoms with Gasteiger partial charge in [-0.25, -0.2) is 0 Å². The van der Waals surface area contributed by atoms with Gasteiger partial charge in [0.05, 0.1) is 5.92 Å². The predicted molar refractivity (Wildman–Crippen MR) is 77.4 cm³/mol. The molecule has 4 N–H and O–H groups in total. The average Bonchev–Trinajstić information content (AvgIpc) is 2.49. The standard InChI is InChI=1S/C15H21N3O/c16-15(18-19)14(12-7-3-1-4-8-12)11-17-13-9-5-2-6-10-13/h1-5,7-8,13-14,17,19H,6,9-11H2,(H2,16,18). The molecule has 2 rings (SSSR count). The van der Waals surface area contributed by atoms with Crippen LogP contribution in [0.1, 0.15) is 30.7 Å². The third-order valence-corrected chi connectivity index (χ3v) is 3.55. The van der Waals surface area contributed by atoms with E-state index in [1.54, 1.807) is 0 Å². The van der Waals surface area contributed by atoms with Gasteiger partial charge >= 0.3 is 0 Å². The van der Waals surface area contributed by atoms with Gasteiger partial charge in [-0.15, -0.1) is 0 Å². The van der Waals surface area contributed by atoms with Crippen molar-refractivity contribution < 1.29 is 5.21 Å². The lowest BCUT2D eigenvalue weighted by Gasteiger charge is -2.23. The third-order valence-electron chi connectivity index (χ3n) is 3.55. The molecule has 0 spiro atoms. The molecular formula is C15H21N3O. The maximum atomic E-state index is 8.93. The number of hydrogen-bond donors (Lipinski definition) is 3. The minimum absolute atomic E-state index is 0.0860. The minimum Gasteiger partial charge on any atom is -0.409 e. The van der Waals surface area contributed by atoms with Gasteiger partial charge in [0.2, 0.25) is 0 Å². The van der Waals surface area contributed by atoms with Crippen LogP contribution < -0.4 is 11.1 Å². The molecule has 0 aliphatic heterocycles. The van der Waals surface area contributed by atoms with E-state index in [1.165, 1.54) is 0 Å². The Labute approximate surface area is 114 Å². The largest absolute Gasteiger partial charge is 0.409 e. The Hall–Kier alpha value is -1.81. The van der Waals surface area contributed by atoms with E-state index in [-0.39, 0.29) is 11.8 Å². The molecule has 0 fully saturated rings. The summed E-state index contributed by atoms with van der Waals surface area (Å²) in [6.45, 7) is 0.693. The SMILES string of the molecule is NC(=NO)C(CNC1CC=CCC1)c1ccccc1. The molecule has 1 aliphatic rings. The van der Waals surface area contributed by atoms with Crippen LogP contribution in [0.2, 0.25) is 0 Å². The van der Waals surface area contributed by atoms with Crippen molar-refractivity contribution in [3.63, 3.8) is 0 Å². The van der Waals surface area contributed by atoms with Crippen LogP contribution >= 0.6 is 0 Å². The zero-order valence-corrected chi connectivity index (χ0v) is 11.0. The Morgan fingerprint density at radius 3 is 2.79 bits per heavy atom. The van der Waals surface area contributed by atoms with Crippen molar-refractivity contribution in [3.05, 3.63) is 48.0 Å². The highest BCUT2D eigenvalue weighted by Gasteiger charge is 2.18. The molecule has 2 atom stereocenters. The van der Waals surface area contributed by atoms with Gasteiger partial charge in [0.15, 0.2) is 0 Å². The number of nitrogens with one attached hydrogen (secondary N) is 1. The van der Waals surface area contributed by atoms with Crippen LogP contribution in [0.25, 0.3) is 0 Å². The quantitative estimate of drug-likeness (QED) is 0.250. The number of benzene rings is 1. The van der Waals surface area contributed by atoms with Crippen molar-refractivity contribution in [2.24, 2.45) is 10.9 Å². The molecule has 0 heterocycles. The second-order valence-electron chi connectivity index (χ2n) is 4.88. The molecule has 0 radical (unpaired) electrons. The maximum Gasteiger partial charge on any atom is 0.147 e. The Morgan fingerprint density at radius 1 is 1.37 bits per heavy atom. The highest BCUT2D eigenvalue weighted by Crippen LogP contribution is 2.17. The normalized spacial score (nSPS) is 21.3. The summed E-state index contributed by atoms with van der Waals surface area (Å²) in [5, 5.41) is 15.6. The van der Waals surface area contributed by atoms with Gasteiger partial charge < -0.3 is 16.3 Å². The molecule has 4 heteroatoms. The first-order valence-corrected chi connectivity index (χ1v) is 6.72. The molecule has 1 aromatic carbocycles. The van der Waals surface area contributed by atoms with Gasteiger partial charge in [-0.1, -0.05) is 47.6 Å². The van der Waals surface area contributed by atoms with Crippen molar-refractivity contribution in [2.75, 3.05) is 6.54 Å². The highest BCUT2D eigenvalue weighted by molar-refractivity contribution is 5.87. The molecule has 1 aromatic rings. The lowest BCUT2D eigenvalue weighted by atomic mass is 9.96. The predicted octanol–water partition coefficient (Wildman–Crippen LogP) is 2.21. The number of nitrogens with two attached hydrogens (primary N) is 1. The van der Waals surface area contributed by atoms with Crippen LogP contribution in [0.3, 0.4) is 0 Å². The van der Waals surface area contributed by atoms with Gasteiger partial charge in [-0.2, -0.15) is 0 Å². The van der Waals surface area contributed by atoms with Gasteiger partial charge in [0, 0.05) is 12.6 Å². The monoisotopic (exact) mass is 259 g/mol. The Morgan fingerprint density at radius 2 is 2.16 bits per heavy atom. The van der Waals surface area contributed by atoms with Crippen molar-refractivity contribution in [2.45, 2.75) is 31.2 Å². The summed E-state index contributed by atoms with van der Waals surface area (Å²) in [7, 11) is 0. The van der Waals surface area contributed by atoms with Gasteiger partial charge in [0.25, 0.3) is 0 Å². The van der Waals surface area contributed by atoms with Crippen molar-refractivity contribution >= 4 is 5.84 Å². The van der Waals surface area contributed by atoms with E-state index in [0.717, 1.165) is 24.8 Å². The fraction of sp³-hybridized carbons (Fsp3) is 0.400. The topological polar surface area (TPSA) is 70.6 Å². The van der Waals surface area contributed by atoms with E-state index in [0.29, 0.717) is 12.6 Å². The molecule has 19 heavy (non-hydrogen) atoms. The Bertz CT molecular complexity index is 442. The summed E-state index contributed by atoms with van der Waals surface area (Å²) in [5.74, 6) is 0.169. The number of rotatable bonds is 5. The molecule has 1 aliphatic carbocycles. The van der Waals surface area contributed by atoms with Gasteiger partial charge in [-0.3, -0.25) is 0 Å².